The van der Waals surface area contributed by atoms with Crippen molar-refractivity contribution in [2.75, 3.05) is 11.4 Å². The molecule has 1 nitrogen and oxygen atoms in total. The second-order valence-electron chi connectivity index (χ2n) is 4.46. The zero-order valence-electron chi connectivity index (χ0n) is 8.12. The Morgan fingerprint density at radius 1 is 1.14 bits per heavy atom. The summed E-state index contributed by atoms with van der Waals surface area (Å²) in [5.74, 6) is 0.976. The van der Waals surface area contributed by atoms with Crippen molar-refractivity contribution in [3.8, 4) is 0 Å². The number of benzene rings is 1. The van der Waals surface area contributed by atoms with Crippen molar-refractivity contribution in [2.24, 2.45) is 5.92 Å². The molecule has 2 aliphatic rings. The minimum atomic E-state index is 0.834. The van der Waals surface area contributed by atoms with Crippen LogP contribution >= 0.6 is 15.9 Å². The van der Waals surface area contributed by atoms with E-state index >= 15 is 0 Å². The first-order valence-corrected chi connectivity index (χ1v) is 6.14. The number of hydrogen-bond donors (Lipinski definition) is 0. The molecule has 74 valence electrons. The molecule has 0 spiro atoms. The molecule has 2 atom stereocenters. The van der Waals surface area contributed by atoms with Gasteiger partial charge < -0.3 is 4.90 Å². The second kappa shape index (κ2) is 3.27. The highest BCUT2D eigenvalue weighted by Crippen LogP contribution is 2.40. The van der Waals surface area contributed by atoms with E-state index in [1.165, 1.54) is 36.0 Å². The monoisotopic (exact) mass is 251 g/mol. The lowest BCUT2D eigenvalue weighted by atomic mass is 10.1. The zero-order valence-corrected chi connectivity index (χ0v) is 9.70. The predicted molar refractivity (Wildman–Crippen MR) is 62.6 cm³/mol. The van der Waals surface area contributed by atoms with Gasteiger partial charge in [0.2, 0.25) is 0 Å². The van der Waals surface area contributed by atoms with E-state index in [0.29, 0.717) is 0 Å². The SMILES string of the molecule is Brc1ccc(N2CC3CCC2C3)cc1. The molecule has 0 amide bonds. The molecule has 1 aromatic rings. The van der Waals surface area contributed by atoms with Crippen LogP contribution in [0, 0.1) is 5.92 Å². The highest BCUT2D eigenvalue weighted by atomic mass is 79.9. The van der Waals surface area contributed by atoms with E-state index in [0.717, 1.165) is 12.0 Å². The summed E-state index contributed by atoms with van der Waals surface area (Å²) in [5.41, 5.74) is 1.40. The number of piperidine rings is 1. The van der Waals surface area contributed by atoms with Crippen LogP contribution in [0.3, 0.4) is 0 Å². The fourth-order valence-electron chi connectivity index (χ4n) is 2.87. The smallest absolute Gasteiger partial charge is 0.0369 e. The van der Waals surface area contributed by atoms with Gasteiger partial charge in [-0.25, -0.2) is 0 Å². The Kier molecular flexibility index (Phi) is 2.05. The maximum atomic E-state index is 3.48. The number of nitrogens with zero attached hydrogens (tertiary/aromatic N) is 1. The maximum Gasteiger partial charge on any atom is 0.0369 e. The molecule has 1 aliphatic heterocycles. The summed E-state index contributed by atoms with van der Waals surface area (Å²) in [4.78, 5) is 2.58. The molecule has 1 saturated carbocycles. The third kappa shape index (κ3) is 1.36. The number of fused-ring (bicyclic) bond motifs is 2. The van der Waals surface area contributed by atoms with Gasteiger partial charge in [0.05, 0.1) is 0 Å². The molecule has 1 aliphatic carbocycles. The van der Waals surface area contributed by atoms with Gasteiger partial charge in [0.1, 0.15) is 0 Å². The van der Waals surface area contributed by atoms with Crippen LogP contribution in [0.1, 0.15) is 19.3 Å². The predicted octanol–water partition coefficient (Wildman–Crippen LogP) is 3.44. The van der Waals surface area contributed by atoms with E-state index in [4.69, 9.17) is 0 Å². The normalized spacial score (nSPS) is 29.9. The van der Waals surface area contributed by atoms with Gasteiger partial charge in [-0.2, -0.15) is 0 Å². The lowest BCUT2D eigenvalue weighted by molar-refractivity contribution is 0.553. The van der Waals surface area contributed by atoms with Gasteiger partial charge in [-0.3, -0.25) is 0 Å². The van der Waals surface area contributed by atoms with Crippen LogP contribution in [0.5, 0.6) is 0 Å². The Morgan fingerprint density at radius 2 is 1.93 bits per heavy atom. The first-order chi connectivity index (χ1) is 6.83. The molecule has 2 fully saturated rings. The minimum absolute atomic E-state index is 0.834. The van der Waals surface area contributed by atoms with Crippen molar-refractivity contribution in [1.29, 1.82) is 0 Å². The Balaban J connectivity index is 1.86. The molecule has 2 bridgehead atoms. The van der Waals surface area contributed by atoms with Crippen LogP contribution in [0.15, 0.2) is 28.7 Å². The molecule has 2 heteroatoms. The Labute approximate surface area is 93.2 Å². The largest absolute Gasteiger partial charge is 0.368 e. The lowest BCUT2D eigenvalue weighted by Gasteiger charge is -2.29. The fourth-order valence-corrected chi connectivity index (χ4v) is 3.14. The van der Waals surface area contributed by atoms with Crippen molar-refractivity contribution >= 4 is 21.6 Å². The number of rotatable bonds is 1. The molecule has 1 saturated heterocycles. The second-order valence-corrected chi connectivity index (χ2v) is 5.38. The average Bonchev–Trinajstić information content (AvgIpc) is 2.80. The number of anilines is 1. The first kappa shape index (κ1) is 8.78. The van der Waals surface area contributed by atoms with Gasteiger partial charge in [-0.15, -0.1) is 0 Å². The fraction of sp³-hybridized carbons (Fsp3) is 0.500. The third-order valence-electron chi connectivity index (χ3n) is 3.57. The van der Waals surface area contributed by atoms with Gasteiger partial charge in [0, 0.05) is 22.7 Å². The molecule has 0 N–H and O–H groups in total. The first-order valence-electron chi connectivity index (χ1n) is 5.35. The molecule has 1 heterocycles. The average molecular weight is 252 g/mol. The topological polar surface area (TPSA) is 3.24 Å². The Morgan fingerprint density at radius 3 is 2.50 bits per heavy atom. The standard InChI is InChI=1S/C12H14BrN/c13-10-2-5-11(6-3-10)14-8-9-1-4-12(14)7-9/h2-3,5-6,9,12H,1,4,7-8H2. The van der Waals surface area contributed by atoms with E-state index < -0.39 is 0 Å². The van der Waals surface area contributed by atoms with E-state index in [2.05, 4.69) is 45.1 Å². The summed E-state index contributed by atoms with van der Waals surface area (Å²) in [5, 5.41) is 0. The molecule has 2 unspecified atom stereocenters. The van der Waals surface area contributed by atoms with E-state index in [1.54, 1.807) is 0 Å². The summed E-state index contributed by atoms with van der Waals surface area (Å²) in [6, 6.07) is 9.57. The van der Waals surface area contributed by atoms with Crippen molar-refractivity contribution in [3.63, 3.8) is 0 Å². The third-order valence-corrected chi connectivity index (χ3v) is 4.10. The van der Waals surface area contributed by atoms with Gasteiger partial charge in [0.15, 0.2) is 0 Å². The molecular formula is C12H14BrN. The van der Waals surface area contributed by atoms with E-state index in [1.807, 2.05) is 0 Å². The van der Waals surface area contributed by atoms with Crippen molar-refractivity contribution < 1.29 is 0 Å². The van der Waals surface area contributed by atoms with Crippen LogP contribution < -0.4 is 4.90 Å². The van der Waals surface area contributed by atoms with Crippen LogP contribution in [-0.4, -0.2) is 12.6 Å². The van der Waals surface area contributed by atoms with Gasteiger partial charge in [-0.05, 0) is 49.4 Å². The van der Waals surface area contributed by atoms with E-state index in [-0.39, 0.29) is 0 Å². The quantitative estimate of drug-likeness (QED) is 0.740. The maximum absolute atomic E-state index is 3.48. The van der Waals surface area contributed by atoms with Gasteiger partial charge in [0.25, 0.3) is 0 Å². The van der Waals surface area contributed by atoms with Crippen LogP contribution in [0.25, 0.3) is 0 Å². The molecule has 14 heavy (non-hydrogen) atoms. The summed E-state index contributed by atoms with van der Waals surface area (Å²) in [7, 11) is 0. The molecule has 0 radical (unpaired) electrons. The van der Waals surface area contributed by atoms with Gasteiger partial charge in [-0.1, -0.05) is 15.9 Å². The zero-order chi connectivity index (χ0) is 9.54. The van der Waals surface area contributed by atoms with E-state index in [9.17, 15) is 0 Å². The van der Waals surface area contributed by atoms with Crippen molar-refractivity contribution in [2.45, 2.75) is 25.3 Å². The Bertz CT molecular complexity index is 333. The molecule has 0 aromatic heterocycles. The molecule has 1 aromatic carbocycles. The van der Waals surface area contributed by atoms with Gasteiger partial charge >= 0.3 is 0 Å². The highest BCUT2D eigenvalue weighted by molar-refractivity contribution is 9.10. The minimum Gasteiger partial charge on any atom is -0.368 e. The highest BCUT2D eigenvalue weighted by Gasteiger charge is 2.37. The summed E-state index contributed by atoms with van der Waals surface area (Å²) in [6.45, 7) is 1.28. The van der Waals surface area contributed by atoms with Crippen molar-refractivity contribution in [3.05, 3.63) is 28.7 Å². The molecular weight excluding hydrogens is 238 g/mol. The molecule has 3 rings (SSSR count). The summed E-state index contributed by atoms with van der Waals surface area (Å²) >= 11 is 3.48. The van der Waals surface area contributed by atoms with Crippen LogP contribution in [-0.2, 0) is 0 Å². The van der Waals surface area contributed by atoms with Crippen LogP contribution in [0.4, 0.5) is 5.69 Å². The summed E-state index contributed by atoms with van der Waals surface area (Å²) < 4.78 is 1.17. The van der Waals surface area contributed by atoms with Crippen molar-refractivity contribution in [1.82, 2.24) is 0 Å². The lowest BCUT2D eigenvalue weighted by Crippen LogP contribution is -2.31. The van der Waals surface area contributed by atoms with Crippen LogP contribution in [0.2, 0.25) is 0 Å². The number of halogens is 1. The number of hydrogen-bond acceptors (Lipinski definition) is 1. The summed E-state index contributed by atoms with van der Waals surface area (Å²) in [6.07, 6.45) is 4.29. The Hall–Kier alpha value is -0.500.